The molecule has 198 valence electrons. The van der Waals surface area contributed by atoms with Crippen LogP contribution in [0.4, 0.5) is 17.1 Å². The second-order valence-electron chi connectivity index (χ2n) is 10.8. The number of halogens is 1. The minimum absolute atomic E-state index is 0.0734. The average Bonchev–Trinajstić information content (AvgIpc) is 3.10. The molecule has 5 rings (SSSR count). The quantitative estimate of drug-likeness (QED) is 0.201. The maximum Gasteiger partial charge on any atom is 0.270 e. The monoisotopic (exact) mass is 586 g/mol. The summed E-state index contributed by atoms with van der Waals surface area (Å²) in [6.45, 7) is 7.73. The van der Waals surface area contributed by atoms with Crippen molar-refractivity contribution >= 4 is 40.2 Å². The number of non-ortho nitro benzene ring substituents is 1. The molecule has 1 unspecified atom stereocenters. The molecule has 7 nitrogen and oxygen atoms in total. The summed E-state index contributed by atoms with van der Waals surface area (Å²) in [5.74, 6) is 2.54. The Balaban J connectivity index is 1.76. The van der Waals surface area contributed by atoms with Crippen LogP contribution in [0.1, 0.15) is 51.5 Å². The van der Waals surface area contributed by atoms with Gasteiger partial charge in [0.05, 0.1) is 31.0 Å². The molecular formula is C28H36BrN4O3P. The molecule has 3 aliphatic rings. The third kappa shape index (κ3) is 4.94. The molecule has 2 aliphatic heterocycles. The lowest BCUT2D eigenvalue weighted by Gasteiger charge is -2.44. The van der Waals surface area contributed by atoms with E-state index in [9.17, 15) is 10.1 Å². The molecule has 1 saturated carbocycles. The van der Waals surface area contributed by atoms with E-state index in [0.717, 1.165) is 31.6 Å². The van der Waals surface area contributed by atoms with Crippen LogP contribution in [0.2, 0.25) is 0 Å². The van der Waals surface area contributed by atoms with Crippen molar-refractivity contribution in [1.82, 2.24) is 4.67 Å². The number of fused-ring (bicyclic) bond motifs is 1. The van der Waals surface area contributed by atoms with Crippen LogP contribution >= 0.6 is 23.1 Å². The Morgan fingerprint density at radius 2 is 1.84 bits per heavy atom. The summed E-state index contributed by atoms with van der Waals surface area (Å²) in [6, 6.07) is 13.7. The Morgan fingerprint density at radius 3 is 2.49 bits per heavy atom. The van der Waals surface area contributed by atoms with Crippen molar-refractivity contribution in [1.29, 1.82) is 0 Å². The lowest BCUT2D eigenvalue weighted by molar-refractivity contribution is -0.384. The molecule has 0 radical (unpaired) electrons. The van der Waals surface area contributed by atoms with E-state index < -0.39 is 7.21 Å². The molecule has 37 heavy (non-hydrogen) atoms. The van der Waals surface area contributed by atoms with Crippen LogP contribution in [0.15, 0.2) is 63.2 Å². The molecular weight excluding hydrogens is 551 g/mol. The van der Waals surface area contributed by atoms with Gasteiger partial charge in [0.15, 0.2) is 0 Å². The molecule has 1 aliphatic carbocycles. The number of likely N-dealkylation sites (N-methyl/N-ethyl adjacent to an activating group) is 1. The fourth-order valence-corrected chi connectivity index (χ4v) is 11.3. The highest BCUT2D eigenvalue weighted by molar-refractivity contribution is 9.10. The van der Waals surface area contributed by atoms with Crippen LogP contribution in [-0.2, 0) is 10.2 Å². The second-order valence-corrected chi connectivity index (χ2v) is 14.8. The summed E-state index contributed by atoms with van der Waals surface area (Å²) in [4.78, 5) is 13.4. The predicted octanol–water partition coefficient (Wildman–Crippen LogP) is 8.04. The molecule has 0 bridgehead atoms. The number of rotatable bonds is 5. The van der Waals surface area contributed by atoms with Crippen molar-refractivity contribution in [2.45, 2.75) is 57.0 Å². The van der Waals surface area contributed by atoms with Crippen LogP contribution < -0.4 is 4.90 Å². The number of hydrogen-bond donors (Lipinski definition) is 0. The maximum atomic E-state index is 11.4. The van der Waals surface area contributed by atoms with Crippen molar-refractivity contribution in [3.05, 3.63) is 74.1 Å². The third-order valence-corrected chi connectivity index (χ3v) is 12.9. The highest BCUT2D eigenvalue weighted by Crippen LogP contribution is 2.67. The predicted molar refractivity (Wildman–Crippen MR) is 155 cm³/mol. The molecule has 0 spiro atoms. The minimum atomic E-state index is -2.25. The van der Waals surface area contributed by atoms with Crippen LogP contribution in [0.25, 0.3) is 0 Å². The number of nitro benzene ring substituents is 1. The summed E-state index contributed by atoms with van der Waals surface area (Å²) < 4.78 is 14.8. The molecule has 2 aromatic carbocycles. The van der Waals surface area contributed by atoms with E-state index in [2.05, 4.69) is 76.5 Å². The van der Waals surface area contributed by atoms with Crippen molar-refractivity contribution in [3.8, 4) is 0 Å². The Hall–Kier alpha value is -1.99. The van der Waals surface area contributed by atoms with E-state index in [1.807, 2.05) is 6.07 Å². The molecule has 0 amide bonds. The number of nitrogens with zero attached hydrogens (tertiary/aromatic N) is 4. The smallest absolute Gasteiger partial charge is 0.270 e. The van der Waals surface area contributed by atoms with E-state index in [1.54, 1.807) is 12.1 Å². The molecule has 2 heterocycles. The first kappa shape index (κ1) is 26.6. The van der Waals surface area contributed by atoms with Gasteiger partial charge >= 0.3 is 0 Å². The molecule has 2 fully saturated rings. The zero-order valence-electron chi connectivity index (χ0n) is 21.9. The van der Waals surface area contributed by atoms with Crippen molar-refractivity contribution in [3.63, 3.8) is 0 Å². The van der Waals surface area contributed by atoms with Gasteiger partial charge in [-0.15, -0.1) is 0 Å². The number of ether oxygens (including phenoxy) is 1. The van der Waals surface area contributed by atoms with Crippen LogP contribution in [-0.4, -0.2) is 48.6 Å². The fraction of sp³-hybridized carbons (Fsp3) is 0.500. The van der Waals surface area contributed by atoms with Crippen molar-refractivity contribution < 1.29 is 9.66 Å². The highest BCUT2D eigenvalue weighted by atomic mass is 79.9. The van der Waals surface area contributed by atoms with E-state index in [-0.39, 0.29) is 16.0 Å². The zero-order valence-corrected chi connectivity index (χ0v) is 24.4. The molecule has 1 atom stereocenters. The molecule has 2 aromatic rings. The standard InChI is InChI=1S/C28H36BrN4O3P/c1-28(2)23-11-7-8-12-26(23)31(3)27(28)20-37(22-9-5-4-6-10-22,32-15-17-36-18-16-32)30-25-14-13-21(33(34)35)19-24(25)29/h7-8,11-14,19-20,22H,4-6,9-10,15-18H2,1-3H3. The van der Waals surface area contributed by atoms with Gasteiger partial charge < -0.3 is 9.64 Å². The molecule has 1 saturated heterocycles. The van der Waals surface area contributed by atoms with Crippen molar-refractivity contribution in [2.24, 2.45) is 4.74 Å². The minimum Gasteiger partial charge on any atom is -0.379 e. The van der Waals surface area contributed by atoms with Gasteiger partial charge in [0.2, 0.25) is 0 Å². The van der Waals surface area contributed by atoms with Gasteiger partial charge in [0.25, 0.3) is 5.69 Å². The first-order valence-corrected chi connectivity index (χ1v) is 15.8. The number of para-hydroxylation sites is 1. The molecule has 0 N–H and O–H groups in total. The SMILES string of the molecule is CN1C(=CP(=Nc2ccc([N+](=O)[O-])cc2Br)(C2CCCCC2)N2CCOCC2)C(C)(C)c2ccccc21. The lowest BCUT2D eigenvalue weighted by Crippen LogP contribution is -2.37. The van der Waals surface area contributed by atoms with E-state index in [0.29, 0.717) is 23.3 Å². The summed E-state index contributed by atoms with van der Waals surface area (Å²) in [6.07, 6.45) is 6.02. The van der Waals surface area contributed by atoms with Gasteiger partial charge in [-0.05, 0) is 52.3 Å². The highest BCUT2D eigenvalue weighted by Gasteiger charge is 2.43. The zero-order chi connectivity index (χ0) is 26.2. The Bertz CT molecular complexity index is 1240. The normalized spacial score (nSPS) is 23.0. The molecule has 0 aromatic heterocycles. The topological polar surface area (TPSA) is 71.2 Å². The Morgan fingerprint density at radius 1 is 1.14 bits per heavy atom. The Kier molecular flexibility index (Phi) is 7.65. The van der Waals surface area contributed by atoms with E-state index >= 15 is 0 Å². The van der Waals surface area contributed by atoms with Gasteiger partial charge in [-0.3, -0.25) is 14.8 Å². The van der Waals surface area contributed by atoms with Crippen LogP contribution in [0, 0.1) is 10.1 Å². The first-order valence-electron chi connectivity index (χ1n) is 13.2. The average molecular weight is 587 g/mol. The van der Waals surface area contributed by atoms with Crippen molar-refractivity contribution in [2.75, 3.05) is 38.3 Å². The largest absolute Gasteiger partial charge is 0.379 e. The van der Waals surface area contributed by atoms with Gasteiger partial charge in [-0.1, -0.05) is 51.3 Å². The van der Waals surface area contributed by atoms with Crippen LogP contribution in [0.3, 0.4) is 0 Å². The third-order valence-electron chi connectivity index (χ3n) is 8.22. The molecule has 9 heteroatoms. The summed E-state index contributed by atoms with van der Waals surface area (Å²) >= 11 is 3.63. The number of anilines is 1. The number of benzene rings is 2. The van der Waals surface area contributed by atoms with Gasteiger partial charge in [-0.2, -0.15) is 0 Å². The number of morpholine rings is 1. The van der Waals surface area contributed by atoms with E-state index in [1.165, 1.54) is 36.2 Å². The number of nitro groups is 1. The lowest BCUT2D eigenvalue weighted by atomic mass is 9.84. The van der Waals surface area contributed by atoms with Gasteiger partial charge in [0, 0.05) is 59.2 Å². The summed E-state index contributed by atoms with van der Waals surface area (Å²) in [5, 5.41) is 11.4. The number of allylic oxidation sites excluding steroid dienone is 1. The summed E-state index contributed by atoms with van der Waals surface area (Å²) in [7, 11) is -0.0782. The fourth-order valence-electron chi connectivity index (χ4n) is 6.20. The summed E-state index contributed by atoms with van der Waals surface area (Å²) in [5.41, 5.74) is 5.04. The van der Waals surface area contributed by atoms with E-state index in [4.69, 9.17) is 9.48 Å². The van der Waals surface area contributed by atoms with Crippen LogP contribution in [0.5, 0.6) is 0 Å². The van der Waals surface area contributed by atoms with Gasteiger partial charge in [-0.25, -0.2) is 4.74 Å². The first-order chi connectivity index (χ1) is 17.7. The van der Waals surface area contributed by atoms with Gasteiger partial charge in [0.1, 0.15) is 0 Å². The number of hydrogen-bond acceptors (Lipinski definition) is 5. The Labute approximate surface area is 228 Å². The maximum absolute atomic E-state index is 11.4. The second kappa shape index (κ2) is 10.6.